The van der Waals surface area contributed by atoms with Crippen molar-refractivity contribution in [3.63, 3.8) is 0 Å². The normalized spacial score (nSPS) is 20.2. The fraction of sp³-hybridized carbons (Fsp3) is 0.667. The summed E-state index contributed by atoms with van der Waals surface area (Å²) in [6.45, 7) is 6.66. The molecule has 2 rings (SSSR count). The Morgan fingerprint density at radius 1 is 1.32 bits per heavy atom. The molecule has 4 heteroatoms. The molecule has 1 aromatic heterocycles. The molecule has 0 spiro atoms. The van der Waals surface area contributed by atoms with Crippen molar-refractivity contribution in [1.29, 1.82) is 0 Å². The monoisotopic (exact) mass is 262 g/mol. The molecule has 2 heterocycles. The first-order valence-corrected chi connectivity index (χ1v) is 7.39. The minimum absolute atomic E-state index is 0.756. The molecule has 2 N–H and O–H groups in total. The van der Waals surface area contributed by atoms with Crippen LogP contribution in [0.5, 0.6) is 0 Å². The number of aromatic nitrogens is 1. The van der Waals surface area contributed by atoms with Gasteiger partial charge in [0.25, 0.3) is 0 Å². The predicted octanol–water partition coefficient (Wildman–Crippen LogP) is 2.66. The minimum Gasteiger partial charge on any atom is -0.384 e. The number of nitrogens with one attached hydrogen (secondary N) is 2. The van der Waals surface area contributed by atoms with Crippen LogP contribution in [-0.4, -0.2) is 43.1 Å². The molecular formula is C15H26N4. The lowest BCUT2D eigenvalue weighted by molar-refractivity contribution is 0.217. The van der Waals surface area contributed by atoms with Gasteiger partial charge in [-0.3, -0.25) is 4.98 Å². The van der Waals surface area contributed by atoms with E-state index in [9.17, 15) is 0 Å². The Morgan fingerprint density at radius 3 is 2.84 bits per heavy atom. The molecule has 0 aliphatic carbocycles. The summed E-state index contributed by atoms with van der Waals surface area (Å²) in [6, 6.07) is 2.15. The molecule has 19 heavy (non-hydrogen) atoms. The first kappa shape index (κ1) is 14.1. The van der Waals surface area contributed by atoms with Crippen LogP contribution >= 0.6 is 0 Å². The van der Waals surface area contributed by atoms with Crippen LogP contribution in [0.4, 0.5) is 11.4 Å². The van der Waals surface area contributed by atoms with Crippen LogP contribution in [0.15, 0.2) is 18.5 Å². The molecule has 0 saturated carbocycles. The SMILES string of the molecule is CCCNc1cncc(NCC2CCCN(C)C2)c1. The Labute approximate surface area is 116 Å². The van der Waals surface area contributed by atoms with Crippen LogP contribution in [0.2, 0.25) is 0 Å². The third-order valence-electron chi connectivity index (χ3n) is 3.63. The molecule has 1 fully saturated rings. The fourth-order valence-electron chi connectivity index (χ4n) is 2.60. The van der Waals surface area contributed by atoms with E-state index in [1.165, 1.54) is 25.9 Å². The van der Waals surface area contributed by atoms with E-state index in [1.807, 2.05) is 12.4 Å². The van der Waals surface area contributed by atoms with Gasteiger partial charge in [0, 0.05) is 19.6 Å². The van der Waals surface area contributed by atoms with Gasteiger partial charge in [0.05, 0.1) is 23.8 Å². The topological polar surface area (TPSA) is 40.2 Å². The largest absolute Gasteiger partial charge is 0.384 e. The number of nitrogens with zero attached hydrogens (tertiary/aromatic N) is 2. The quantitative estimate of drug-likeness (QED) is 0.827. The van der Waals surface area contributed by atoms with Crippen LogP contribution in [0.1, 0.15) is 26.2 Å². The molecule has 0 bridgehead atoms. The first-order chi connectivity index (χ1) is 9.28. The summed E-state index contributed by atoms with van der Waals surface area (Å²) in [5.74, 6) is 0.756. The van der Waals surface area contributed by atoms with Crippen molar-refractivity contribution >= 4 is 11.4 Å². The number of pyridine rings is 1. The van der Waals surface area contributed by atoms with E-state index in [0.29, 0.717) is 0 Å². The summed E-state index contributed by atoms with van der Waals surface area (Å²) in [5.41, 5.74) is 2.22. The molecule has 1 aromatic rings. The number of likely N-dealkylation sites (tertiary alicyclic amines) is 1. The zero-order valence-corrected chi connectivity index (χ0v) is 12.2. The molecular weight excluding hydrogens is 236 g/mol. The zero-order chi connectivity index (χ0) is 13.5. The zero-order valence-electron chi connectivity index (χ0n) is 12.2. The van der Waals surface area contributed by atoms with Crippen LogP contribution < -0.4 is 10.6 Å². The molecule has 1 saturated heterocycles. The highest BCUT2D eigenvalue weighted by Crippen LogP contribution is 2.17. The van der Waals surface area contributed by atoms with Gasteiger partial charge in [-0.2, -0.15) is 0 Å². The average Bonchev–Trinajstić information content (AvgIpc) is 2.43. The number of hydrogen-bond acceptors (Lipinski definition) is 4. The Bertz CT molecular complexity index is 380. The molecule has 4 nitrogen and oxygen atoms in total. The van der Waals surface area contributed by atoms with Gasteiger partial charge in [-0.1, -0.05) is 6.92 Å². The maximum atomic E-state index is 4.28. The van der Waals surface area contributed by atoms with Crippen molar-refractivity contribution in [2.75, 3.05) is 43.9 Å². The van der Waals surface area contributed by atoms with E-state index in [2.05, 4.69) is 40.6 Å². The van der Waals surface area contributed by atoms with Gasteiger partial charge in [0.1, 0.15) is 0 Å². The van der Waals surface area contributed by atoms with Gasteiger partial charge in [-0.05, 0) is 44.8 Å². The van der Waals surface area contributed by atoms with Gasteiger partial charge in [-0.25, -0.2) is 0 Å². The molecule has 1 unspecified atom stereocenters. The Balaban J connectivity index is 1.81. The Kier molecular flexibility index (Phi) is 5.45. The van der Waals surface area contributed by atoms with Gasteiger partial charge >= 0.3 is 0 Å². The fourth-order valence-corrected chi connectivity index (χ4v) is 2.60. The summed E-state index contributed by atoms with van der Waals surface area (Å²) in [7, 11) is 2.21. The third-order valence-corrected chi connectivity index (χ3v) is 3.63. The van der Waals surface area contributed by atoms with Crippen molar-refractivity contribution in [1.82, 2.24) is 9.88 Å². The first-order valence-electron chi connectivity index (χ1n) is 7.39. The second-order valence-electron chi connectivity index (χ2n) is 5.54. The van der Waals surface area contributed by atoms with Gasteiger partial charge in [0.15, 0.2) is 0 Å². The van der Waals surface area contributed by atoms with Crippen LogP contribution in [-0.2, 0) is 0 Å². The third kappa shape index (κ3) is 4.71. The van der Waals surface area contributed by atoms with Gasteiger partial charge in [-0.15, -0.1) is 0 Å². The Hall–Kier alpha value is -1.29. The minimum atomic E-state index is 0.756. The smallest absolute Gasteiger partial charge is 0.0547 e. The van der Waals surface area contributed by atoms with E-state index in [-0.39, 0.29) is 0 Å². The number of rotatable bonds is 6. The lowest BCUT2D eigenvalue weighted by Gasteiger charge is -2.29. The van der Waals surface area contributed by atoms with Crippen molar-refractivity contribution in [2.24, 2.45) is 5.92 Å². The number of piperidine rings is 1. The maximum Gasteiger partial charge on any atom is 0.0547 e. The summed E-state index contributed by atoms with van der Waals surface area (Å²) >= 11 is 0. The van der Waals surface area contributed by atoms with Crippen molar-refractivity contribution in [3.05, 3.63) is 18.5 Å². The maximum absolute atomic E-state index is 4.28. The Morgan fingerprint density at radius 2 is 2.11 bits per heavy atom. The lowest BCUT2D eigenvalue weighted by atomic mass is 9.98. The van der Waals surface area contributed by atoms with Crippen LogP contribution in [0.3, 0.4) is 0 Å². The van der Waals surface area contributed by atoms with Crippen molar-refractivity contribution in [3.8, 4) is 0 Å². The predicted molar refractivity (Wildman–Crippen MR) is 81.7 cm³/mol. The van der Waals surface area contributed by atoms with E-state index in [0.717, 1.165) is 36.8 Å². The van der Waals surface area contributed by atoms with Crippen LogP contribution in [0.25, 0.3) is 0 Å². The second-order valence-corrected chi connectivity index (χ2v) is 5.54. The molecule has 1 aliphatic rings. The standard InChI is InChI=1S/C15H26N4/c1-3-6-17-14-8-15(11-16-10-14)18-9-13-5-4-7-19(2)12-13/h8,10-11,13,17-18H,3-7,9,12H2,1-2H3. The van der Waals surface area contributed by atoms with Crippen molar-refractivity contribution in [2.45, 2.75) is 26.2 Å². The molecule has 0 aromatic carbocycles. The average molecular weight is 262 g/mol. The summed E-state index contributed by atoms with van der Waals surface area (Å²) in [5, 5.41) is 6.89. The summed E-state index contributed by atoms with van der Waals surface area (Å²) < 4.78 is 0. The van der Waals surface area contributed by atoms with Crippen LogP contribution in [0, 0.1) is 5.92 Å². The number of anilines is 2. The van der Waals surface area contributed by atoms with E-state index >= 15 is 0 Å². The molecule has 0 radical (unpaired) electrons. The molecule has 0 amide bonds. The van der Waals surface area contributed by atoms with E-state index < -0.39 is 0 Å². The van der Waals surface area contributed by atoms with Crippen molar-refractivity contribution < 1.29 is 0 Å². The highest BCUT2D eigenvalue weighted by atomic mass is 15.1. The molecule has 1 aliphatic heterocycles. The van der Waals surface area contributed by atoms with Gasteiger partial charge < -0.3 is 15.5 Å². The summed E-state index contributed by atoms with van der Waals surface area (Å²) in [4.78, 5) is 6.70. The molecule has 106 valence electrons. The highest BCUT2D eigenvalue weighted by Gasteiger charge is 2.16. The molecule has 1 atom stereocenters. The number of hydrogen-bond donors (Lipinski definition) is 2. The second kappa shape index (κ2) is 7.34. The lowest BCUT2D eigenvalue weighted by Crippen LogP contribution is -2.35. The van der Waals surface area contributed by atoms with E-state index in [4.69, 9.17) is 0 Å². The van der Waals surface area contributed by atoms with Gasteiger partial charge in [0.2, 0.25) is 0 Å². The highest BCUT2D eigenvalue weighted by molar-refractivity contribution is 5.53. The van der Waals surface area contributed by atoms with E-state index in [1.54, 1.807) is 0 Å². The summed E-state index contributed by atoms with van der Waals surface area (Å²) in [6.07, 6.45) is 7.57.